The quantitative estimate of drug-likeness (QED) is 0.857. The van der Waals surface area contributed by atoms with E-state index in [2.05, 4.69) is 27.1 Å². The SMILES string of the molecule is CCn1ccnc1CNc1ccc(NC(=O)C2CC2)cc1. The summed E-state index contributed by atoms with van der Waals surface area (Å²) in [5, 5.41) is 6.28. The highest BCUT2D eigenvalue weighted by Gasteiger charge is 2.29. The van der Waals surface area contributed by atoms with Gasteiger partial charge in [-0.3, -0.25) is 4.79 Å². The summed E-state index contributed by atoms with van der Waals surface area (Å²) in [6.07, 6.45) is 5.84. The van der Waals surface area contributed by atoms with E-state index in [1.165, 1.54) is 0 Å². The fraction of sp³-hybridized carbons (Fsp3) is 0.375. The second-order valence-corrected chi connectivity index (χ2v) is 5.32. The van der Waals surface area contributed by atoms with E-state index in [0.717, 1.165) is 36.6 Å². The zero-order valence-corrected chi connectivity index (χ0v) is 12.2. The number of benzene rings is 1. The van der Waals surface area contributed by atoms with Crippen LogP contribution in [-0.2, 0) is 17.9 Å². The fourth-order valence-electron chi connectivity index (χ4n) is 2.24. The van der Waals surface area contributed by atoms with Crippen LogP contribution in [0.4, 0.5) is 11.4 Å². The first-order valence-electron chi connectivity index (χ1n) is 7.41. The number of rotatable bonds is 6. The summed E-state index contributed by atoms with van der Waals surface area (Å²) in [5.74, 6) is 1.39. The van der Waals surface area contributed by atoms with Crippen molar-refractivity contribution >= 4 is 17.3 Å². The van der Waals surface area contributed by atoms with Gasteiger partial charge in [-0.25, -0.2) is 4.98 Å². The Labute approximate surface area is 124 Å². The third kappa shape index (κ3) is 3.42. The summed E-state index contributed by atoms with van der Waals surface area (Å²) < 4.78 is 2.11. The van der Waals surface area contributed by atoms with Gasteiger partial charge in [0.05, 0.1) is 6.54 Å². The number of amides is 1. The number of hydrogen-bond donors (Lipinski definition) is 2. The Balaban J connectivity index is 1.55. The molecular formula is C16H20N4O. The largest absolute Gasteiger partial charge is 0.378 e. The topological polar surface area (TPSA) is 59.0 Å². The Morgan fingerprint density at radius 3 is 2.67 bits per heavy atom. The Morgan fingerprint density at radius 2 is 2.00 bits per heavy atom. The average molecular weight is 284 g/mol. The van der Waals surface area contributed by atoms with E-state index in [4.69, 9.17) is 0 Å². The van der Waals surface area contributed by atoms with Crippen LogP contribution >= 0.6 is 0 Å². The van der Waals surface area contributed by atoms with E-state index in [1.807, 2.05) is 36.7 Å². The van der Waals surface area contributed by atoms with Crippen LogP contribution in [0.3, 0.4) is 0 Å². The van der Waals surface area contributed by atoms with Crippen molar-refractivity contribution in [1.29, 1.82) is 0 Å². The predicted molar refractivity (Wildman–Crippen MR) is 83.0 cm³/mol. The molecule has 0 radical (unpaired) electrons. The van der Waals surface area contributed by atoms with Crippen molar-refractivity contribution < 1.29 is 4.79 Å². The third-order valence-corrected chi connectivity index (χ3v) is 3.69. The smallest absolute Gasteiger partial charge is 0.227 e. The average Bonchev–Trinajstić information content (AvgIpc) is 3.26. The minimum Gasteiger partial charge on any atom is -0.378 e. The van der Waals surface area contributed by atoms with E-state index in [1.54, 1.807) is 0 Å². The molecule has 1 heterocycles. The molecule has 2 aromatic rings. The molecule has 1 saturated carbocycles. The number of nitrogens with one attached hydrogen (secondary N) is 2. The second-order valence-electron chi connectivity index (χ2n) is 5.32. The zero-order valence-electron chi connectivity index (χ0n) is 12.2. The summed E-state index contributed by atoms with van der Waals surface area (Å²) in [5.41, 5.74) is 1.87. The molecule has 0 unspecified atom stereocenters. The highest BCUT2D eigenvalue weighted by atomic mass is 16.2. The fourth-order valence-corrected chi connectivity index (χ4v) is 2.24. The lowest BCUT2D eigenvalue weighted by atomic mass is 10.2. The zero-order chi connectivity index (χ0) is 14.7. The molecule has 5 nitrogen and oxygen atoms in total. The lowest BCUT2D eigenvalue weighted by molar-refractivity contribution is -0.117. The maximum atomic E-state index is 11.7. The lowest BCUT2D eigenvalue weighted by Crippen LogP contribution is -2.13. The number of anilines is 2. The first-order valence-corrected chi connectivity index (χ1v) is 7.41. The molecule has 5 heteroatoms. The summed E-state index contributed by atoms with van der Waals surface area (Å²) in [4.78, 5) is 16.0. The van der Waals surface area contributed by atoms with Crippen molar-refractivity contribution in [2.45, 2.75) is 32.9 Å². The number of aromatic nitrogens is 2. The molecule has 1 aromatic heterocycles. The second kappa shape index (κ2) is 5.99. The van der Waals surface area contributed by atoms with Crippen LogP contribution in [0.25, 0.3) is 0 Å². The van der Waals surface area contributed by atoms with Gasteiger partial charge in [0.2, 0.25) is 5.91 Å². The van der Waals surface area contributed by atoms with Gasteiger partial charge in [0.25, 0.3) is 0 Å². The minimum atomic E-state index is 0.140. The van der Waals surface area contributed by atoms with Gasteiger partial charge in [-0.15, -0.1) is 0 Å². The first-order chi connectivity index (χ1) is 10.3. The molecule has 21 heavy (non-hydrogen) atoms. The lowest BCUT2D eigenvalue weighted by Gasteiger charge is -2.09. The number of imidazole rings is 1. The van der Waals surface area contributed by atoms with Crippen molar-refractivity contribution in [3.63, 3.8) is 0 Å². The Hall–Kier alpha value is -2.30. The Morgan fingerprint density at radius 1 is 1.29 bits per heavy atom. The van der Waals surface area contributed by atoms with E-state index >= 15 is 0 Å². The van der Waals surface area contributed by atoms with E-state index in [-0.39, 0.29) is 11.8 Å². The summed E-state index contributed by atoms with van der Waals surface area (Å²) >= 11 is 0. The molecule has 0 bridgehead atoms. The first kappa shape index (κ1) is 13.7. The number of nitrogens with zero attached hydrogens (tertiary/aromatic N) is 2. The van der Waals surface area contributed by atoms with Crippen molar-refractivity contribution in [2.75, 3.05) is 10.6 Å². The van der Waals surface area contributed by atoms with Gasteiger partial charge in [-0.05, 0) is 44.0 Å². The standard InChI is InChI=1S/C16H20N4O/c1-2-20-10-9-17-15(20)11-18-13-5-7-14(8-6-13)19-16(21)12-3-4-12/h5-10,12,18H,2-4,11H2,1H3,(H,19,21). The molecule has 1 aliphatic rings. The van der Waals surface area contributed by atoms with E-state index < -0.39 is 0 Å². The monoisotopic (exact) mass is 284 g/mol. The number of carbonyl (C=O) groups excluding carboxylic acids is 1. The van der Waals surface area contributed by atoms with Crippen molar-refractivity contribution in [1.82, 2.24) is 9.55 Å². The van der Waals surface area contributed by atoms with E-state index in [9.17, 15) is 4.79 Å². The molecule has 0 saturated heterocycles. The van der Waals surface area contributed by atoms with Crippen molar-refractivity contribution in [2.24, 2.45) is 5.92 Å². The summed E-state index contributed by atoms with van der Waals surface area (Å²) in [7, 11) is 0. The maximum Gasteiger partial charge on any atom is 0.227 e. The molecule has 0 spiro atoms. The number of hydrogen-bond acceptors (Lipinski definition) is 3. The highest BCUT2D eigenvalue weighted by Crippen LogP contribution is 2.30. The van der Waals surface area contributed by atoms with Gasteiger partial charge in [0, 0.05) is 36.2 Å². The van der Waals surface area contributed by atoms with Gasteiger partial charge in [0.1, 0.15) is 5.82 Å². The molecule has 110 valence electrons. The normalized spacial score (nSPS) is 14.0. The molecule has 2 N–H and O–H groups in total. The van der Waals surface area contributed by atoms with Crippen LogP contribution in [-0.4, -0.2) is 15.5 Å². The molecule has 0 atom stereocenters. The van der Waals surface area contributed by atoms with Gasteiger partial charge in [-0.1, -0.05) is 0 Å². The van der Waals surface area contributed by atoms with Crippen molar-refractivity contribution in [3.05, 3.63) is 42.5 Å². The van der Waals surface area contributed by atoms with Gasteiger partial charge >= 0.3 is 0 Å². The Kier molecular flexibility index (Phi) is 3.90. The number of aryl methyl sites for hydroxylation is 1. The summed E-state index contributed by atoms with van der Waals surface area (Å²) in [6.45, 7) is 3.71. The molecule has 1 aromatic carbocycles. The van der Waals surface area contributed by atoms with Crippen LogP contribution in [0.1, 0.15) is 25.6 Å². The van der Waals surface area contributed by atoms with Crippen LogP contribution in [0.15, 0.2) is 36.7 Å². The van der Waals surface area contributed by atoms with Gasteiger partial charge in [-0.2, -0.15) is 0 Å². The third-order valence-electron chi connectivity index (χ3n) is 3.69. The Bertz CT molecular complexity index is 613. The molecule has 0 aliphatic heterocycles. The maximum absolute atomic E-state index is 11.7. The van der Waals surface area contributed by atoms with Crippen molar-refractivity contribution in [3.8, 4) is 0 Å². The molecular weight excluding hydrogens is 264 g/mol. The predicted octanol–water partition coefficient (Wildman–Crippen LogP) is 2.86. The highest BCUT2D eigenvalue weighted by molar-refractivity contribution is 5.94. The van der Waals surface area contributed by atoms with Crippen LogP contribution in [0, 0.1) is 5.92 Å². The summed E-state index contributed by atoms with van der Waals surface area (Å²) in [6, 6.07) is 7.80. The van der Waals surface area contributed by atoms with Crippen LogP contribution in [0.2, 0.25) is 0 Å². The van der Waals surface area contributed by atoms with E-state index in [0.29, 0.717) is 6.54 Å². The van der Waals surface area contributed by atoms with Crippen LogP contribution in [0.5, 0.6) is 0 Å². The molecule has 1 amide bonds. The van der Waals surface area contributed by atoms with Gasteiger partial charge in [0.15, 0.2) is 0 Å². The number of carbonyl (C=O) groups is 1. The van der Waals surface area contributed by atoms with Crippen LogP contribution < -0.4 is 10.6 Å². The molecule has 1 fully saturated rings. The molecule has 3 rings (SSSR count). The molecule has 1 aliphatic carbocycles. The van der Waals surface area contributed by atoms with Gasteiger partial charge < -0.3 is 15.2 Å². The minimum absolute atomic E-state index is 0.140.